The van der Waals surface area contributed by atoms with Crippen LogP contribution in [0.2, 0.25) is 0 Å². The van der Waals surface area contributed by atoms with Gasteiger partial charge in [-0.15, -0.1) is 0 Å². The maximum atomic E-state index is 11.3. The molecule has 1 unspecified atom stereocenters. The summed E-state index contributed by atoms with van der Waals surface area (Å²) >= 11 is 0. The van der Waals surface area contributed by atoms with Crippen LogP contribution in [-0.2, 0) is 18.3 Å². The predicted octanol–water partition coefficient (Wildman–Crippen LogP) is 0.744. The summed E-state index contributed by atoms with van der Waals surface area (Å²) in [7, 11) is 1.63. The van der Waals surface area contributed by atoms with Crippen molar-refractivity contribution in [3.05, 3.63) is 12.3 Å². The molecule has 0 N–H and O–H groups in total. The van der Waals surface area contributed by atoms with Gasteiger partial charge in [-0.2, -0.15) is 0 Å². The van der Waals surface area contributed by atoms with Crippen molar-refractivity contribution < 1.29 is 27.7 Å². The summed E-state index contributed by atoms with van der Waals surface area (Å²) in [5.41, 5.74) is 0. The maximum Gasteiger partial charge on any atom is 0.268 e. The van der Waals surface area contributed by atoms with E-state index < -0.39 is 7.82 Å². The number of allylic oxidation sites excluding steroid dienone is 1. The first-order valence-electron chi connectivity index (χ1n) is 5.31. The summed E-state index contributed by atoms with van der Waals surface area (Å²) in [6.07, 6.45) is 0. The van der Waals surface area contributed by atoms with Gasteiger partial charge >= 0.3 is 0 Å². The lowest BCUT2D eigenvalue weighted by atomic mass is 10.5. The highest BCUT2D eigenvalue weighted by Gasteiger charge is 2.12. The van der Waals surface area contributed by atoms with E-state index in [1.165, 1.54) is 0 Å². The molecule has 0 aliphatic rings. The van der Waals surface area contributed by atoms with Gasteiger partial charge in [0, 0.05) is 0 Å². The van der Waals surface area contributed by atoms with E-state index in [9.17, 15) is 9.46 Å². The number of likely N-dealkylation sites (N-methyl/N-ethyl adjacent to an activating group) is 1. The number of phosphoric ester groups is 1. The molecule has 0 fully saturated rings. The highest BCUT2D eigenvalue weighted by atomic mass is 31.2. The second-order valence-corrected chi connectivity index (χ2v) is 6.09. The number of rotatable bonds is 9. The Bertz CT molecular complexity index is 287. The van der Waals surface area contributed by atoms with E-state index in [1.807, 2.05) is 21.1 Å². The highest BCUT2D eigenvalue weighted by Crippen LogP contribution is 2.37. The number of hydrogen-bond donors (Lipinski definition) is 0. The van der Waals surface area contributed by atoms with Crippen molar-refractivity contribution in [2.75, 3.05) is 47.5 Å². The second kappa shape index (κ2) is 7.13. The zero-order valence-electron chi connectivity index (χ0n) is 11.0. The molecule has 0 heterocycles. The molecule has 0 aliphatic carbocycles. The summed E-state index contributed by atoms with van der Waals surface area (Å²) in [6, 6.07) is 0. The molecule has 0 saturated carbocycles. The van der Waals surface area contributed by atoms with Crippen LogP contribution in [0.5, 0.6) is 0 Å². The van der Waals surface area contributed by atoms with E-state index >= 15 is 0 Å². The van der Waals surface area contributed by atoms with E-state index in [2.05, 4.69) is 11.1 Å². The van der Waals surface area contributed by atoms with Crippen LogP contribution in [0.1, 0.15) is 6.92 Å². The largest absolute Gasteiger partial charge is 0.756 e. The van der Waals surface area contributed by atoms with E-state index in [0.29, 0.717) is 16.8 Å². The van der Waals surface area contributed by atoms with Crippen LogP contribution in [0.4, 0.5) is 0 Å². The van der Waals surface area contributed by atoms with E-state index in [1.54, 1.807) is 6.92 Å². The zero-order valence-corrected chi connectivity index (χ0v) is 11.9. The summed E-state index contributed by atoms with van der Waals surface area (Å²) in [4.78, 5) is 11.3. The molecular weight excluding hydrogens is 245 g/mol. The Kier molecular flexibility index (Phi) is 6.97. The molecule has 7 heteroatoms. The number of phosphoric acid groups is 1. The summed E-state index contributed by atoms with van der Waals surface area (Å²) in [5.74, 6) is 0.514. The normalized spacial score (nSPS) is 15.4. The predicted molar refractivity (Wildman–Crippen MR) is 63.2 cm³/mol. The fourth-order valence-electron chi connectivity index (χ4n) is 0.829. The van der Waals surface area contributed by atoms with Crippen LogP contribution < -0.4 is 4.89 Å². The summed E-state index contributed by atoms with van der Waals surface area (Å²) < 4.78 is 26.1. The Morgan fingerprint density at radius 3 is 2.24 bits per heavy atom. The topological polar surface area (TPSA) is 67.8 Å². The molecule has 1 atom stereocenters. The van der Waals surface area contributed by atoms with Gasteiger partial charge in [0.05, 0.1) is 33.5 Å². The van der Waals surface area contributed by atoms with Crippen LogP contribution in [0.3, 0.4) is 0 Å². The standard InChI is InChI=1S/C10H22NO5P/c1-10(2)14-8-9-16-17(12,13)15-7-6-11(3,4)5/h1,6-9H2,2-5H3. The molecule has 102 valence electrons. The van der Waals surface area contributed by atoms with Crippen molar-refractivity contribution in [1.82, 2.24) is 0 Å². The Hall–Kier alpha value is -0.390. The molecule has 17 heavy (non-hydrogen) atoms. The minimum atomic E-state index is -4.21. The molecule has 0 bridgehead atoms. The zero-order chi connectivity index (χ0) is 13.5. The lowest BCUT2D eigenvalue weighted by Gasteiger charge is -2.27. The summed E-state index contributed by atoms with van der Waals surface area (Å²) in [6.45, 7) is 5.93. The van der Waals surface area contributed by atoms with Crippen molar-refractivity contribution >= 4 is 7.82 Å². The lowest BCUT2D eigenvalue weighted by Crippen LogP contribution is -2.37. The summed E-state index contributed by atoms with van der Waals surface area (Å²) in [5, 5.41) is 0. The van der Waals surface area contributed by atoms with Gasteiger partial charge in [-0.1, -0.05) is 6.58 Å². The molecule has 0 aromatic rings. The lowest BCUT2D eigenvalue weighted by molar-refractivity contribution is -0.870. The third kappa shape index (κ3) is 11.9. The smallest absolute Gasteiger partial charge is 0.268 e. The SMILES string of the molecule is C=C(C)OCCOP(=O)([O-])OCC[N+](C)(C)C. The number of hydrogen-bond acceptors (Lipinski definition) is 5. The van der Waals surface area contributed by atoms with Gasteiger partial charge in [0.15, 0.2) is 0 Å². The quantitative estimate of drug-likeness (QED) is 0.267. The van der Waals surface area contributed by atoms with Gasteiger partial charge in [0.1, 0.15) is 19.8 Å². The number of ether oxygens (including phenoxy) is 1. The molecule has 0 saturated heterocycles. The van der Waals surface area contributed by atoms with E-state index in [0.717, 1.165) is 0 Å². The van der Waals surface area contributed by atoms with Crippen LogP contribution >= 0.6 is 7.82 Å². The molecule has 0 spiro atoms. The van der Waals surface area contributed by atoms with Gasteiger partial charge in [-0.3, -0.25) is 4.57 Å². The van der Waals surface area contributed by atoms with Gasteiger partial charge in [0.25, 0.3) is 7.82 Å². The fraction of sp³-hybridized carbons (Fsp3) is 0.800. The average molecular weight is 267 g/mol. The van der Waals surface area contributed by atoms with Gasteiger partial charge in [0.2, 0.25) is 0 Å². The first-order valence-corrected chi connectivity index (χ1v) is 6.77. The second-order valence-electron chi connectivity index (χ2n) is 4.68. The Balaban J connectivity index is 3.73. The van der Waals surface area contributed by atoms with Gasteiger partial charge in [-0.05, 0) is 6.92 Å². The van der Waals surface area contributed by atoms with Crippen LogP contribution in [0.15, 0.2) is 12.3 Å². The first kappa shape index (κ1) is 16.6. The molecule has 0 radical (unpaired) electrons. The minimum absolute atomic E-state index is 0.0714. The number of nitrogens with zero attached hydrogens (tertiary/aromatic N) is 1. The highest BCUT2D eigenvalue weighted by molar-refractivity contribution is 7.45. The average Bonchev–Trinajstić information content (AvgIpc) is 2.09. The minimum Gasteiger partial charge on any atom is -0.756 e. The molecule has 0 aliphatic heterocycles. The first-order chi connectivity index (χ1) is 7.62. The molecule has 6 nitrogen and oxygen atoms in total. The Labute approximate surface area is 103 Å². The van der Waals surface area contributed by atoms with Crippen molar-refractivity contribution in [3.8, 4) is 0 Å². The Morgan fingerprint density at radius 1 is 1.24 bits per heavy atom. The monoisotopic (exact) mass is 267 g/mol. The Morgan fingerprint density at radius 2 is 1.76 bits per heavy atom. The fourth-order valence-corrected chi connectivity index (χ4v) is 1.51. The molecule has 0 amide bonds. The molecular formula is C10H22NO5P. The number of quaternary nitrogens is 1. The molecule has 0 aromatic heterocycles. The van der Waals surface area contributed by atoms with Crippen molar-refractivity contribution in [3.63, 3.8) is 0 Å². The molecule has 0 rings (SSSR count). The van der Waals surface area contributed by atoms with E-state index in [4.69, 9.17) is 9.26 Å². The van der Waals surface area contributed by atoms with Crippen LogP contribution in [-0.4, -0.2) is 52.0 Å². The van der Waals surface area contributed by atoms with Crippen molar-refractivity contribution in [2.24, 2.45) is 0 Å². The third-order valence-electron chi connectivity index (χ3n) is 1.69. The van der Waals surface area contributed by atoms with Gasteiger partial charge < -0.3 is 23.2 Å². The van der Waals surface area contributed by atoms with Gasteiger partial charge in [-0.25, -0.2) is 0 Å². The van der Waals surface area contributed by atoms with E-state index in [-0.39, 0.29) is 19.8 Å². The van der Waals surface area contributed by atoms with Crippen LogP contribution in [0, 0.1) is 0 Å². The van der Waals surface area contributed by atoms with Crippen molar-refractivity contribution in [1.29, 1.82) is 0 Å². The maximum absolute atomic E-state index is 11.3. The third-order valence-corrected chi connectivity index (χ3v) is 2.69. The molecule has 0 aromatic carbocycles. The van der Waals surface area contributed by atoms with Crippen molar-refractivity contribution in [2.45, 2.75) is 6.92 Å². The van der Waals surface area contributed by atoms with Crippen LogP contribution in [0.25, 0.3) is 0 Å².